The summed E-state index contributed by atoms with van der Waals surface area (Å²) in [4.78, 5) is 17.0. The fourth-order valence-electron chi connectivity index (χ4n) is 1.91. The van der Waals surface area contributed by atoms with Crippen LogP contribution in [0, 0.1) is 11.3 Å². The van der Waals surface area contributed by atoms with Gasteiger partial charge in [0, 0.05) is 12.2 Å². The molecule has 0 saturated heterocycles. The monoisotopic (exact) mass is 288 g/mol. The van der Waals surface area contributed by atoms with Crippen molar-refractivity contribution in [1.82, 2.24) is 0 Å². The molecule has 0 radical (unpaired) electrons. The van der Waals surface area contributed by atoms with E-state index < -0.39 is 0 Å². The molecule has 1 aliphatic rings. The van der Waals surface area contributed by atoms with E-state index in [1.165, 1.54) is 11.8 Å². The SMILES string of the molecule is CCCSC(=O)C[C@H]1CC(c2ccc(C#N)cc2)=NO1. The van der Waals surface area contributed by atoms with E-state index in [9.17, 15) is 4.79 Å². The quantitative estimate of drug-likeness (QED) is 0.835. The summed E-state index contributed by atoms with van der Waals surface area (Å²) in [5.41, 5.74) is 2.41. The van der Waals surface area contributed by atoms with Crippen LogP contribution in [-0.2, 0) is 9.63 Å². The average molecular weight is 288 g/mol. The van der Waals surface area contributed by atoms with Gasteiger partial charge in [0.05, 0.1) is 23.8 Å². The number of rotatable bonds is 5. The van der Waals surface area contributed by atoms with E-state index in [4.69, 9.17) is 10.1 Å². The molecule has 5 heteroatoms. The second kappa shape index (κ2) is 7.11. The molecule has 0 N–H and O–H groups in total. The highest BCUT2D eigenvalue weighted by molar-refractivity contribution is 8.13. The molecule has 0 bridgehead atoms. The third-order valence-corrected chi connectivity index (χ3v) is 4.04. The van der Waals surface area contributed by atoms with Crippen molar-refractivity contribution >= 4 is 22.6 Å². The van der Waals surface area contributed by atoms with Crippen LogP contribution in [0.3, 0.4) is 0 Å². The zero-order chi connectivity index (χ0) is 14.4. The zero-order valence-corrected chi connectivity index (χ0v) is 12.2. The Hall–Kier alpha value is -1.80. The number of oxime groups is 1. The van der Waals surface area contributed by atoms with Crippen LogP contribution in [0.5, 0.6) is 0 Å². The number of hydrogen-bond donors (Lipinski definition) is 0. The summed E-state index contributed by atoms with van der Waals surface area (Å²) >= 11 is 1.36. The summed E-state index contributed by atoms with van der Waals surface area (Å²) < 4.78 is 0. The van der Waals surface area contributed by atoms with Gasteiger partial charge in [-0.3, -0.25) is 4.79 Å². The molecule has 0 aliphatic carbocycles. The molecular weight excluding hydrogens is 272 g/mol. The van der Waals surface area contributed by atoms with Crippen LogP contribution < -0.4 is 0 Å². The molecular formula is C15H16N2O2S. The van der Waals surface area contributed by atoms with Crippen molar-refractivity contribution in [2.75, 3.05) is 5.75 Å². The summed E-state index contributed by atoms with van der Waals surface area (Å²) in [5.74, 6) is 0.856. The Morgan fingerprint density at radius 3 is 2.90 bits per heavy atom. The van der Waals surface area contributed by atoms with E-state index in [1.807, 2.05) is 12.1 Å². The Morgan fingerprint density at radius 1 is 1.50 bits per heavy atom. The van der Waals surface area contributed by atoms with Gasteiger partial charge in [-0.25, -0.2) is 0 Å². The van der Waals surface area contributed by atoms with Crippen LogP contribution in [0.15, 0.2) is 29.4 Å². The van der Waals surface area contributed by atoms with Crippen LogP contribution in [0.25, 0.3) is 0 Å². The first-order valence-electron chi connectivity index (χ1n) is 6.61. The molecule has 4 nitrogen and oxygen atoms in total. The van der Waals surface area contributed by atoms with Gasteiger partial charge in [-0.1, -0.05) is 36.0 Å². The lowest BCUT2D eigenvalue weighted by Gasteiger charge is -2.06. The Labute approximate surface area is 122 Å². The molecule has 0 fully saturated rings. The largest absolute Gasteiger partial charge is 0.391 e. The maximum absolute atomic E-state index is 11.7. The lowest BCUT2D eigenvalue weighted by Crippen LogP contribution is -2.12. The Kier molecular flexibility index (Phi) is 5.19. The standard InChI is InChI=1S/C15H16N2O2S/c1-2-7-20-15(18)9-13-8-14(17-19-13)12-5-3-11(10-16)4-6-12/h3-6,13H,2,7-9H2,1H3/t13-/m1/s1. The summed E-state index contributed by atoms with van der Waals surface area (Å²) in [6.07, 6.45) is 1.88. The van der Waals surface area contributed by atoms with Gasteiger partial charge < -0.3 is 4.84 Å². The number of nitrogens with zero attached hydrogens (tertiary/aromatic N) is 2. The van der Waals surface area contributed by atoms with E-state index in [1.54, 1.807) is 12.1 Å². The maximum atomic E-state index is 11.7. The molecule has 0 spiro atoms. The zero-order valence-electron chi connectivity index (χ0n) is 11.3. The first kappa shape index (κ1) is 14.6. The van der Waals surface area contributed by atoms with E-state index in [2.05, 4.69) is 18.1 Å². The summed E-state index contributed by atoms with van der Waals surface area (Å²) in [7, 11) is 0. The third-order valence-electron chi connectivity index (χ3n) is 2.94. The number of hydrogen-bond acceptors (Lipinski definition) is 5. The van der Waals surface area contributed by atoms with E-state index in [-0.39, 0.29) is 11.2 Å². The summed E-state index contributed by atoms with van der Waals surface area (Å²) in [6, 6.07) is 9.31. The second-order valence-electron chi connectivity index (χ2n) is 4.58. The Balaban J connectivity index is 1.88. The van der Waals surface area contributed by atoms with Crippen LogP contribution in [0.1, 0.15) is 37.3 Å². The van der Waals surface area contributed by atoms with Crippen molar-refractivity contribution in [2.45, 2.75) is 32.3 Å². The Bertz CT molecular complexity index is 546. The van der Waals surface area contributed by atoms with Gasteiger partial charge in [0.2, 0.25) is 0 Å². The number of carbonyl (C=O) groups is 1. The number of carbonyl (C=O) groups excluding carboxylic acids is 1. The number of thioether (sulfide) groups is 1. The van der Waals surface area contributed by atoms with E-state index in [0.29, 0.717) is 18.4 Å². The van der Waals surface area contributed by atoms with E-state index >= 15 is 0 Å². The van der Waals surface area contributed by atoms with Gasteiger partial charge in [0.25, 0.3) is 0 Å². The van der Waals surface area contributed by atoms with E-state index in [0.717, 1.165) is 23.4 Å². The van der Waals surface area contributed by atoms with Gasteiger partial charge in [0.15, 0.2) is 5.12 Å². The minimum Gasteiger partial charge on any atom is -0.391 e. The molecule has 0 amide bonds. The summed E-state index contributed by atoms with van der Waals surface area (Å²) in [5, 5.41) is 13.0. The fourth-order valence-corrected chi connectivity index (χ4v) is 2.64. The average Bonchev–Trinajstić information content (AvgIpc) is 2.93. The van der Waals surface area contributed by atoms with Crippen molar-refractivity contribution in [2.24, 2.45) is 5.16 Å². The molecule has 1 atom stereocenters. The topological polar surface area (TPSA) is 62.5 Å². The van der Waals surface area contributed by atoms with Gasteiger partial charge in [-0.2, -0.15) is 5.26 Å². The van der Waals surface area contributed by atoms with Crippen LogP contribution in [-0.4, -0.2) is 22.7 Å². The van der Waals surface area contributed by atoms with Crippen LogP contribution in [0.4, 0.5) is 0 Å². The van der Waals surface area contributed by atoms with Crippen LogP contribution in [0.2, 0.25) is 0 Å². The second-order valence-corrected chi connectivity index (χ2v) is 5.74. The minimum absolute atomic E-state index is 0.155. The number of benzene rings is 1. The molecule has 0 aromatic heterocycles. The molecule has 1 aromatic carbocycles. The van der Waals surface area contributed by atoms with Crippen molar-refractivity contribution < 1.29 is 9.63 Å². The Morgan fingerprint density at radius 2 is 2.25 bits per heavy atom. The summed E-state index contributed by atoms with van der Waals surface area (Å²) in [6.45, 7) is 2.05. The molecule has 1 aliphatic heterocycles. The maximum Gasteiger partial charge on any atom is 0.192 e. The first-order valence-corrected chi connectivity index (χ1v) is 7.60. The molecule has 1 aromatic rings. The van der Waals surface area contributed by atoms with Gasteiger partial charge in [-0.15, -0.1) is 0 Å². The molecule has 0 saturated carbocycles. The number of nitriles is 1. The molecule has 1 heterocycles. The lowest BCUT2D eigenvalue weighted by molar-refractivity contribution is -0.113. The van der Waals surface area contributed by atoms with Crippen molar-refractivity contribution in [1.29, 1.82) is 5.26 Å². The van der Waals surface area contributed by atoms with Gasteiger partial charge >= 0.3 is 0 Å². The fraction of sp³-hybridized carbons (Fsp3) is 0.400. The smallest absolute Gasteiger partial charge is 0.192 e. The van der Waals surface area contributed by atoms with Crippen molar-refractivity contribution in [3.05, 3.63) is 35.4 Å². The highest BCUT2D eigenvalue weighted by atomic mass is 32.2. The van der Waals surface area contributed by atoms with Gasteiger partial charge in [-0.05, 0) is 24.1 Å². The molecule has 0 unspecified atom stereocenters. The van der Waals surface area contributed by atoms with Crippen molar-refractivity contribution in [3.8, 4) is 6.07 Å². The van der Waals surface area contributed by atoms with Crippen LogP contribution >= 0.6 is 11.8 Å². The molecule has 104 valence electrons. The predicted octanol–water partition coefficient (Wildman–Crippen LogP) is 3.11. The normalized spacial score (nSPS) is 17.2. The predicted molar refractivity (Wildman–Crippen MR) is 79.6 cm³/mol. The first-order chi connectivity index (χ1) is 9.72. The highest BCUT2D eigenvalue weighted by Gasteiger charge is 2.24. The molecule has 2 rings (SSSR count). The highest BCUT2D eigenvalue weighted by Crippen LogP contribution is 2.21. The van der Waals surface area contributed by atoms with Gasteiger partial charge in [0.1, 0.15) is 6.10 Å². The third kappa shape index (κ3) is 3.84. The van der Waals surface area contributed by atoms with Crippen molar-refractivity contribution in [3.63, 3.8) is 0 Å². The lowest BCUT2D eigenvalue weighted by atomic mass is 10.0. The minimum atomic E-state index is -0.155. The molecule has 20 heavy (non-hydrogen) atoms.